The number of nitrogens with zero attached hydrogens (tertiary/aromatic N) is 4. The van der Waals surface area contributed by atoms with E-state index in [-0.39, 0.29) is 24.0 Å². The van der Waals surface area contributed by atoms with Gasteiger partial charge in [0, 0.05) is 38.8 Å². The van der Waals surface area contributed by atoms with Gasteiger partial charge in [-0.15, -0.1) is 24.0 Å². The summed E-state index contributed by atoms with van der Waals surface area (Å²) in [5, 5.41) is 13.4. The molecule has 1 fully saturated rings. The summed E-state index contributed by atoms with van der Waals surface area (Å²) in [4.78, 5) is 13.4. The van der Waals surface area contributed by atoms with E-state index < -0.39 is 0 Å². The number of para-hydroxylation sites is 2. The SMILES string of the molecule is CN=C(NCc1coc(-c2ccccc2)n1)N1CCN(c2ccccc2O)CC1.I. The minimum absolute atomic E-state index is 0. The molecule has 3 aromatic rings. The second-order valence-corrected chi connectivity index (χ2v) is 6.87. The van der Waals surface area contributed by atoms with Crippen molar-refractivity contribution in [2.24, 2.45) is 4.99 Å². The molecule has 30 heavy (non-hydrogen) atoms. The van der Waals surface area contributed by atoms with Crippen LogP contribution in [-0.4, -0.2) is 54.2 Å². The number of piperazine rings is 1. The van der Waals surface area contributed by atoms with Crippen molar-refractivity contribution < 1.29 is 9.52 Å². The van der Waals surface area contributed by atoms with E-state index in [2.05, 4.69) is 25.1 Å². The van der Waals surface area contributed by atoms with Crippen LogP contribution >= 0.6 is 24.0 Å². The highest BCUT2D eigenvalue weighted by Crippen LogP contribution is 2.27. The van der Waals surface area contributed by atoms with Gasteiger partial charge in [0.25, 0.3) is 0 Å². The summed E-state index contributed by atoms with van der Waals surface area (Å²) < 4.78 is 5.60. The number of phenols is 1. The number of phenolic OH excluding ortho intramolecular Hbond substituents is 1. The van der Waals surface area contributed by atoms with Crippen molar-refractivity contribution in [2.75, 3.05) is 38.1 Å². The molecule has 1 aliphatic heterocycles. The van der Waals surface area contributed by atoms with Crippen LogP contribution in [0, 0.1) is 0 Å². The van der Waals surface area contributed by atoms with Crippen LogP contribution < -0.4 is 10.2 Å². The quantitative estimate of drug-likeness (QED) is 0.312. The first-order chi connectivity index (χ1) is 14.2. The molecular formula is C22H26IN5O2. The number of anilines is 1. The number of nitrogens with one attached hydrogen (secondary N) is 1. The Hall–Kier alpha value is -2.75. The van der Waals surface area contributed by atoms with Gasteiger partial charge in [-0.2, -0.15) is 0 Å². The van der Waals surface area contributed by atoms with Crippen LogP contribution in [0.5, 0.6) is 5.75 Å². The maximum Gasteiger partial charge on any atom is 0.226 e. The van der Waals surface area contributed by atoms with Gasteiger partial charge in [-0.3, -0.25) is 4.99 Å². The van der Waals surface area contributed by atoms with E-state index in [1.165, 1.54) is 0 Å². The number of halogens is 1. The summed E-state index contributed by atoms with van der Waals surface area (Å²) in [7, 11) is 1.79. The Balaban J connectivity index is 0.00000256. The van der Waals surface area contributed by atoms with Crippen LogP contribution in [0.4, 0.5) is 5.69 Å². The molecule has 7 nitrogen and oxygen atoms in total. The number of hydrogen-bond donors (Lipinski definition) is 2. The zero-order valence-corrected chi connectivity index (χ0v) is 19.2. The molecule has 0 atom stereocenters. The van der Waals surface area contributed by atoms with E-state index in [1.54, 1.807) is 19.4 Å². The minimum atomic E-state index is 0. The summed E-state index contributed by atoms with van der Waals surface area (Å²) in [6.45, 7) is 3.83. The third kappa shape index (κ3) is 5.05. The average Bonchev–Trinajstić information content (AvgIpc) is 3.25. The molecule has 158 valence electrons. The molecule has 1 aliphatic rings. The van der Waals surface area contributed by atoms with Gasteiger partial charge >= 0.3 is 0 Å². The molecular weight excluding hydrogens is 493 g/mol. The van der Waals surface area contributed by atoms with Gasteiger partial charge in [-0.05, 0) is 24.3 Å². The Kier molecular flexibility index (Phi) is 7.56. The highest BCUT2D eigenvalue weighted by molar-refractivity contribution is 14.0. The number of oxazole rings is 1. The predicted molar refractivity (Wildman–Crippen MR) is 129 cm³/mol. The first-order valence-corrected chi connectivity index (χ1v) is 9.73. The molecule has 0 bridgehead atoms. The molecule has 0 unspecified atom stereocenters. The van der Waals surface area contributed by atoms with E-state index in [1.807, 2.05) is 48.5 Å². The molecule has 0 radical (unpaired) electrons. The van der Waals surface area contributed by atoms with Crippen molar-refractivity contribution in [1.82, 2.24) is 15.2 Å². The van der Waals surface area contributed by atoms with Gasteiger partial charge < -0.3 is 24.6 Å². The lowest BCUT2D eigenvalue weighted by Crippen LogP contribution is -2.52. The van der Waals surface area contributed by atoms with Gasteiger partial charge in [0.1, 0.15) is 12.0 Å². The number of aromatic hydroxyl groups is 1. The first-order valence-electron chi connectivity index (χ1n) is 9.73. The maximum atomic E-state index is 10.1. The normalized spacial score (nSPS) is 14.4. The number of guanidine groups is 1. The zero-order valence-electron chi connectivity index (χ0n) is 16.9. The van der Waals surface area contributed by atoms with E-state index >= 15 is 0 Å². The highest BCUT2D eigenvalue weighted by Gasteiger charge is 2.21. The van der Waals surface area contributed by atoms with E-state index in [0.717, 1.165) is 49.1 Å². The van der Waals surface area contributed by atoms with Gasteiger partial charge in [-0.1, -0.05) is 30.3 Å². The first kappa shape index (κ1) is 21.9. The fourth-order valence-electron chi connectivity index (χ4n) is 3.49. The molecule has 1 aromatic heterocycles. The standard InChI is InChI=1S/C22H25N5O2.HI/c1-23-22(24-15-18-16-29-21(25-18)17-7-3-2-4-8-17)27-13-11-26(12-14-27)19-9-5-6-10-20(19)28;/h2-10,16,28H,11-15H2,1H3,(H,23,24);1H. The zero-order chi connectivity index (χ0) is 20.1. The Morgan fingerprint density at radius 2 is 1.77 bits per heavy atom. The second-order valence-electron chi connectivity index (χ2n) is 6.87. The summed E-state index contributed by atoms with van der Waals surface area (Å²) in [5.74, 6) is 1.78. The van der Waals surface area contributed by atoms with Crippen molar-refractivity contribution in [1.29, 1.82) is 0 Å². The third-order valence-corrected chi connectivity index (χ3v) is 5.01. The lowest BCUT2D eigenvalue weighted by atomic mass is 10.2. The maximum absolute atomic E-state index is 10.1. The minimum Gasteiger partial charge on any atom is -0.506 e. The fourth-order valence-corrected chi connectivity index (χ4v) is 3.49. The smallest absolute Gasteiger partial charge is 0.226 e. The molecule has 2 heterocycles. The van der Waals surface area contributed by atoms with Crippen LogP contribution in [0.15, 0.2) is 70.3 Å². The highest BCUT2D eigenvalue weighted by atomic mass is 127. The summed E-state index contributed by atoms with van der Waals surface area (Å²) in [6, 6.07) is 17.3. The topological polar surface area (TPSA) is 77.1 Å². The van der Waals surface area contributed by atoms with Gasteiger partial charge in [0.05, 0.1) is 17.9 Å². The Bertz CT molecular complexity index is 968. The third-order valence-electron chi connectivity index (χ3n) is 5.01. The van der Waals surface area contributed by atoms with Crippen molar-refractivity contribution in [3.05, 3.63) is 66.6 Å². The molecule has 4 rings (SSSR count). The molecule has 0 saturated carbocycles. The van der Waals surface area contributed by atoms with Crippen LogP contribution in [0.3, 0.4) is 0 Å². The summed E-state index contributed by atoms with van der Waals surface area (Å²) >= 11 is 0. The summed E-state index contributed by atoms with van der Waals surface area (Å²) in [5.41, 5.74) is 2.67. The Morgan fingerprint density at radius 1 is 1.07 bits per heavy atom. The van der Waals surface area contributed by atoms with Crippen LogP contribution in [0.2, 0.25) is 0 Å². The van der Waals surface area contributed by atoms with Gasteiger partial charge in [0.2, 0.25) is 5.89 Å². The molecule has 0 aliphatic carbocycles. The fraction of sp³-hybridized carbons (Fsp3) is 0.273. The average molecular weight is 519 g/mol. The number of rotatable bonds is 4. The number of hydrogen-bond acceptors (Lipinski definition) is 5. The molecule has 0 spiro atoms. The molecule has 1 saturated heterocycles. The molecule has 0 amide bonds. The van der Waals surface area contributed by atoms with Crippen LogP contribution in [-0.2, 0) is 6.54 Å². The van der Waals surface area contributed by atoms with Gasteiger partial charge in [-0.25, -0.2) is 4.98 Å². The molecule has 2 aromatic carbocycles. The second kappa shape index (κ2) is 10.3. The van der Waals surface area contributed by atoms with Crippen molar-refractivity contribution in [3.8, 4) is 17.2 Å². The van der Waals surface area contributed by atoms with E-state index in [4.69, 9.17) is 4.42 Å². The molecule has 2 N–H and O–H groups in total. The van der Waals surface area contributed by atoms with Crippen molar-refractivity contribution >= 4 is 35.6 Å². The van der Waals surface area contributed by atoms with Crippen LogP contribution in [0.1, 0.15) is 5.69 Å². The van der Waals surface area contributed by atoms with Crippen LogP contribution in [0.25, 0.3) is 11.5 Å². The van der Waals surface area contributed by atoms with E-state index in [0.29, 0.717) is 18.2 Å². The number of aromatic nitrogens is 1. The summed E-state index contributed by atoms with van der Waals surface area (Å²) in [6.07, 6.45) is 1.68. The monoisotopic (exact) mass is 519 g/mol. The van der Waals surface area contributed by atoms with E-state index in [9.17, 15) is 5.11 Å². The number of benzene rings is 2. The lowest BCUT2D eigenvalue weighted by molar-refractivity contribution is 0.369. The predicted octanol–water partition coefficient (Wildman–Crippen LogP) is 3.56. The van der Waals surface area contributed by atoms with Crippen molar-refractivity contribution in [2.45, 2.75) is 6.54 Å². The Labute approximate surface area is 193 Å². The van der Waals surface area contributed by atoms with Crippen molar-refractivity contribution in [3.63, 3.8) is 0 Å². The Morgan fingerprint density at radius 3 is 2.47 bits per heavy atom. The largest absolute Gasteiger partial charge is 0.506 e. The molecule has 8 heteroatoms. The number of aliphatic imine (C=N–C) groups is 1. The van der Waals surface area contributed by atoms with Gasteiger partial charge in [0.15, 0.2) is 5.96 Å². The lowest BCUT2D eigenvalue weighted by Gasteiger charge is -2.37.